The molecule has 3 rings (SSSR count). The van der Waals surface area contributed by atoms with Gasteiger partial charge in [-0.05, 0) is 53.9 Å². The van der Waals surface area contributed by atoms with E-state index in [9.17, 15) is 0 Å². The van der Waals surface area contributed by atoms with Crippen molar-refractivity contribution in [3.63, 3.8) is 0 Å². The van der Waals surface area contributed by atoms with E-state index in [1.807, 2.05) is 0 Å². The molecule has 1 aromatic rings. The van der Waals surface area contributed by atoms with E-state index in [4.69, 9.17) is 5.26 Å². The highest BCUT2D eigenvalue weighted by molar-refractivity contribution is 9.10. The van der Waals surface area contributed by atoms with Crippen LogP contribution < -0.4 is 4.90 Å². The van der Waals surface area contributed by atoms with Crippen LogP contribution in [0.25, 0.3) is 0 Å². The summed E-state index contributed by atoms with van der Waals surface area (Å²) in [6, 6.07) is 11.5. The second-order valence-corrected chi connectivity index (χ2v) is 6.66. The first-order chi connectivity index (χ1) is 9.78. The minimum Gasteiger partial charge on any atom is -0.369 e. The van der Waals surface area contributed by atoms with Gasteiger partial charge in [0.1, 0.15) is 0 Å². The molecule has 0 spiro atoms. The largest absolute Gasteiger partial charge is 0.369 e. The monoisotopic (exact) mass is 333 g/mol. The van der Waals surface area contributed by atoms with Crippen LogP contribution in [0.1, 0.15) is 19.3 Å². The van der Waals surface area contributed by atoms with Gasteiger partial charge in [0.15, 0.2) is 0 Å². The van der Waals surface area contributed by atoms with E-state index in [1.54, 1.807) is 0 Å². The first-order valence-corrected chi connectivity index (χ1v) is 8.20. The molecule has 0 bridgehead atoms. The van der Waals surface area contributed by atoms with Crippen LogP contribution in [-0.4, -0.2) is 37.1 Å². The maximum Gasteiger partial charge on any atom is 0.0669 e. The lowest BCUT2D eigenvalue weighted by Gasteiger charge is -2.39. The molecular weight excluding hydrogens is 314 g/mol. The summed E-state index contributed by atoms with van der Waals surface area (Å²) in [7, 11) is 0. The number of halogens is 1. The van der Waals surface area contributed by atoms with Gasteiger partial charge >= 0.3 is 0 Å². The fourth-order valence-corrected chi connectivity index (χ4v) is 3.94. The fourth-order valence-electron chi connectivity index (χ4n) is 3.40. The smallest absolute Gasteiger partial charge is 0.0669 e. The number of hydrogen-bond donors (Lipinski definition) is 0. The molecule has 0 saturated carbocycles. The van der Waals surface area contributed by atoms with Crippen LogP contribution in [0.2, 0.25) is 0 Å². The van der Waals surface area contributed by atoms with Crippen LogP contribution >= 0.6 is 15.9 Å². The van der Waals surface area contributed by atoms with Crippen LogP contribution in [0.4, 0.5) is 5.69 Å². The molecule has 0 aromatic heterocycles. The standard InChI is InChI=1S/C16H20BrN3/c17-15-5-1-2-6-16(15)20-8-3-4-14(12-20)19-9-7-13(10-18)11-19/h1-2,5-6,13-14H,3-4,7-9,11-12H2. The van der Waals surface area contributed by atoms with Crippen LogP contribution in [0.3, 0.4) is 0 Å². The molecule has 106 valence electrons. The normalized spacial score (nSPS) is 27.5. The SMILES string of the molecule is N#CC1CCN(C2CCCN(c3ccccc3Br)C2)C1. The molecule has 2 aliphatic rings. The van der Waals surface area contributed by atoms with Crippen molar-refractivity contribution < 1.29 is 0 Å². The summed E-state index contributed by atoms with van der Waals surface area (Å²) < 4.78 is 1.18. The van der Waals surface area contributed by atoms with Gasteiger partial charge < -0.3 is 4.90 Å². The van der Waals surface area contributed by atoms with Gasteiger partial charge in [0, 0.05) is 30.1 Å². The number of nitriles is 1. The van der Waals surface area contributed by atoms with E-state index in [2.05, 4.69) is 56.1 Å². The van der Waals surface area contributed by atoms with E-state index in [0.717, 1.165) is 32.6 Å². The number of hydrogen-bond acceptors (Lipinski definition) is 3. The van der Waals surface area contributed by atoms with Crippen molar-refractivity contribution in [2.75, 3.05) is 31.1 Å². The van der Waals surface area contributed by atoms with E-state index in [-0.39, 0.29) is 5.92 Å². The maximum atomic E-state index is 9.06. The summed E-state index contributed by atoms with van der Waals surface area (Å²) in [5.74, 6) is 0.244. The Morgan fingerprint density at radius 3 is 2.75 bits per heavy atom. The summed E-state index contributed by atoms with van der Waals surface area (Å²) in [5.41, 5.74) is 1.30. The number of anilines is 1. The van der Waals surface area contributed by atoms with Gasteiger partial charge in [-0.15, -0.1) is 0 Å². The quantitative estimate of drug-likeness (QED) is 0.832. The predicted octanol–water partition coefficient (Wildman–Crippen LogP) is 3.26. The third-order valence-electron chi connectivity index (χ3n) is 4.51. The topological polar surface area (TPSA) is 30.3 Å². The van der Waals surface area contributed by atoms with Crippen LogP contribution in [-0.2, 0) is 0 Å². The second kappa shape index (κ2) is 6.15. The molecule has 4 heteroatoms. The maximum absolute atomic E-state index is 9.06. The van der Waals surface area contributed by atoms with Gasteiger partial charge in [-0.2, -0.15) is 5.26 Å². The molecule has 0 aliphatic carbocycles. The molecule has 0 radical (unpaired) electrons. The van der Waals surface area contributed by atoms with Gasteiger partial charge in [0.2, 0.25) is 0 Å². The summed E-state index contributed by atoms with van der Waals surface area (Å²) in [6.45, 7) is 4.27. The zero-order valence-electron chi connectivity index (χ0n) is 11.6. The van der Waals surface area contributed by atoms with Crippen LogP contribution in [0, 0.1) is 17.2 Å². The van der Waals surface area contributed by atoms with Gasteiger partial charge in [0.25, 0.3) is 0 Å². The number of benzene rings is 1. The minimum atomic E-state index is 0.244. The molecule has 2 saturated heterocycles. The van der Waals surface area contributed by atoms with Crippen molar-refractivity contribution in [2.24, 2.45) is 5.92 Å². The highest BCUT2D eigenvalue weighted by atomic mass is 79.9. The zero-order valence-corrected chi connectivity index (χ0v) is 13.2. The number of piperidine rings is 1. The third-order valence-corrected chi connectivity index (χ3v) is 5.18. The molecule has 2 unspecified atom stereocenters. The fraction of sp³-hybridized carbons (Fsp3) is 0.562. The summed E-state index contributed by atoms with van der Waals surface area (Å²) in [6.07, 6.45) is 3.54. The molecule has 2 aliphatic heterocycles. The lowest BCUT2D eigenvalue weighted by molar-refractivity contribution is 0.212. The van der Waals surface area contributed by atoms with Crippen LogP contribution in [0.15, 0.2) is 28.7 Å². The van der Waals surface area contributed by atoms with Gasteiger partial charge in [-0.25, -0.2) is 0 Å². The highest BCUT2D eigenvalue weighted by Gasteiger charge is 2.31. The van der Waals surface area contributed by atoms with Crippen molar-refractivity contribution >= 4 is 21.6 Å². The Labute approximate surface area is 129 Å². The van der Waals surface area contributed by atoms with E-state index in [1.165, 1.54) is 23.0 Å². The third kappa shape index (κ3) is 2.84. The minimum absolute atomic E-state index is 0.244. The van der Waals surface area contributed by atoms with Crippen molar-refractivity contribution in [1.82, 2.24) is 4.90 Å². The Morgan fingerprint density at radius 1 is 1.15 bits per heavy atom. The van der Waals surface area contributed by atoms with Gasteiger partial charge in [-0.3, -0.25) is 4.90 Å². The summed E-state index contributed by atoms with van der Waals surface area (Å²) in [5, 5.41) is 9.06. The lowest BCUT2D eigenvalue weighted by atomic mass is 10.0. The number of nitrogens with zero attached hydrogens (tertiary/aromatic N) is 3. The van der Waals surface area contributed by atoms with Crippen molar-refractivity contribution in [2.45, 2.75) is 25.3 Å². The first-order valence-electron chi connectivity index (χ1n) is 7.41. The molecule has 2 heterocycles. The Bertz CT molecular complexity index is 511. The molecule has 1 aromatic carbocycles. The van der Waals surface area contributed by atoms with E-state index < -0.39 is 0 Å². The summed E-state index contributed by atoms with van der Waals surface area (Å²) in [4.78, 5) is 5.01. The Kier molecular flexibility index (Phi) is 4.28. The van der Waals surface area contributed by atoms with E-state index in [0.29, 0.717) is 6.04 Å². The summed E-state index contributed by atoms with van der Waals surface area (Å²) >= 11 is 3.66. The molecular formula is C16H20BrN3. The molecule has 2 fully saturated rings. The van der Waals surface area contributed by atoms with Crippen molar-refractivity contribution in [3.05, 3.63) is 28.7 Å². The average Bonchev–Trinajstić information content (AvgIpc) is 2.97. The Morgan fingerprint density at radius 2 is 2.00 bits per heavy atom. The second-order valence-electron chi connectivity index (χ2n) is 5.80. The predicted molar refractivity (Wildman–Crippen MR) is 84.7 cm³/mol. The average molecular weight is 334 g/mol. The molecule has 0 N–H and O–H groups in total. The van der Waals surface area contributed by atoms with Gasteiger partial charge in [0.05, 0.1) is 17.7 Å². The van der Waals surface area contributed by atoms with Gasteiger partial charge in [-0.1, -0.05) is 12.1 Å². The highest BCUT2D eigenvalue weighted by Crippen LogP contribution is 2.30. The Balaban J connectivity index is 1.68. The van der Waals surface area contributed by atoms with Crippen LogP contribution in [0.5, 0.6) is 0 Å². The van der Waals surface area contributed by atoms with Crippen molar-refractivity contribution in [1.29, 1.82) is 5.26 Å². The number of para-hydroxylation sites is 1. The molecule has 0 amide bonds. The molecule has 20 heavy (non-hydrogen) atoms. The molecule has 2 atom stereocenters. The van der Waals surface area contributed by atoms with Crippen molar-refractivity contribution in [3.8, 4) is 6.07 Å². The number of likely N-dealkylation sites (tertiary alicyclic amines) is 1. The lowest BCUT2D eigenvalue weighted by Crippen LogP contribution is -2.47. The first kappa shape index (κ1) is 13.9. The number of rotatable bonds is 2. The van der Waals surface area contributed by atoms with E-state index >= 15 is 0 Å². The Hall–Kier alpha value is -1.05. The molecule has 3 nitrogen and oxygen atoms in total. The zero-order chi connectivity index (χ0) is 13.9.